The van der Waals surface area contributed by atoms with Gasteiger partial charge in [0.05, 0.1) is 23.4 Å². The molecule has 1 aliphatic heterocycles. The second-order valence-electron chi connectivity index (χ2n) is 6.06. The van der Waals surface area contributed by atoms with E-state index in [4.69, 9.17) is 14.2 Å². The number of carbonyl (C=O) groups excluding carboxylic acids is 2. The molecule has 0 spiro atoms. The Morgan fingerprint density at radius 2 is 2.08 bits per heavy atom. The van der Waals surface area contributed by atoms with Crippen LogP contribution in [0.4, 0.5) is 0 Å². The van der Waals surface area contributed by atoms with E-state index in [-0.39, 0.29) is 34.8 Å². The van der Waals surface area contributed by atoms with Gasteiger partial charge in [-0.1, -0.05) is 6.92 Å². The normalized spacial score (nSPS) is 28.0. The molecule has 2 N–H and O–H groups in total. The molecular weight excluding hydrogens is 443 g/mol. The Kier molecular flexibility index (Phi) is 4.44. The molecule has 3 rings (SSSR count). The Bertz CT molecular complexity index is 800. The maximum absolute atomic E-state index is 13.2. The Morgan fingerprint density at radius 3 is 2.68 bits per heavy atom. The molecule has 25 heavy (non-hydrogen) atoms. The monoisotopic (exact) mass is 460 g/mol. The first-order valence-corrected chi connectivity index (χ1v) is 8.66. The number of rotatable bonds is 2. The summed E-state index contributed by atoms with van der Waals surface area (Å²) in [5.74, 6) is -1.92. The summed E-state index contributed by atoms with van der Waals surface area (Å²) in [6, 6.07) is 3.03. The summed E-state index contributed by atoms with van der Waals surface area (Å²) in [5, 5.41) is 21.1. The Hall–Kier alpha value is -1.81. The van der Waals surface area contributed by atoms with Gasteiger partial charge < -0.3 is 24.4 Å². The minimum absolute atomic E-state index is 0.0145. The van der Waals surface area contributed by atoms with Crippen LogP contribution in [-0.2, 0) is 14.3 Å². The lowest BCUT2D eigenvalue weighted by Crippen LogP contribution is -2.63. The van der Waals surface area contributed by atoms with E-state index in [0.29, 0.717) is 3.57 Å². The second-order valence-corrected chi connectivity index (χ2v) is 7.22. The largest absolute Gasteiger partial charge is 0.506 e. The molecule has 1 heterocycles. The van der Waals surface area contributed by atoms with Crippen molar-refractivity contribution in [1.29, 1.82) is 0 Å². The van der Waals surface area contributed by atoms with Crippen LogP contribution in [0.25, 0.3) is 0 Å². The van der Waals surface area contributed by atoms with Crippen LogP contribution >= 0.6 is 22.6 Å². The zero-order valence-corrected chi connectivity index (χ0v) is 16.0. The topological polar surface area (TPSA) is 102 Å². The summed E-state index contributed by atoms with van der Waals surface area (Å²) in [5.41, 5.74) is -2.21. The van der Waals surface area contributed by atoms with Crippen molar-refractivity contribution in [1.82, 2.24) is 0 Å². The maximum Gasteiger partial charge on any atom is 0.358 e. The second kappa shape index (κ2) is 6.17. The van der Waals surface area contributed by atoms with E-state index in [1.54, 1.807) is 13.0 Å². The fourth-order valence-corrected chi connectivity index (χ4v) is 3.87. The summed E-state index contributed by atoms with van der Waals surface area (Å²) in [7, 11) is 2.54. The van der Waals surface area contributed by atoms with Crippen molar-refractivity contribution in [3.8, 4) is 11.5 Å². The van der Waals surface area contributed by atoms with Gasteiger partial charge in [-0.3, -0.25) is 4.79 Å². The lowest BCUT2D eigenvalue weighted by Gasteiger charge is -2.45. The van der Waals surface area contributed by atoms with E-state index in [1.165, 1.54) is 13.2 Å². The lowest BCUT2D eigenvalue weighted by atomic mass is 9.70. The number of phenolic OH excluding ortho intramolecular Hbond substituents is 1. The molecule has 3 atom stereocenters. The Morgan fingerprint density at radius 1 is 1.40 bits per heavy atom. The molecule has 0 amide bonds. The summed E-state index contributed by atoms with van der Waals surface area (Å²) in [4.78, 5) is 25.8. The number of Topliss-reactive ketones (excluding diaryl/α,β-unsaturated/α-hetero) is 1. The van der Waals surface area contributed by atoms with Crippen molar-refractivity contribution in [2.45, 2.75) is 25.0 Å². The van der Waals surface area contributed by atoms with Crippen molar-refractivity contribution in [2.75, 3.05) is 14.2 Å². The Labute approximate surface area is 157 Å². The lowest BCUT2D eigenvalue weighted by molar-refractivity contribution is -0.170. The molecule has 7 nitrogen and oxygen atoms in total. The van der Waals surface area contributed by atoms with E-state index < -0.39 is 29.4 Å². The molecule has 0 bridgehead atoms. The fraction of sp³-hybridized carbons (Fsp3) is 0.412. The highest BCUT2D eigenvalue weighted by Gasteiger charge is 2.63. The number of benzene rings is 1. The first-order valence-electron chi connectivity index (χ1n) is 7.58. The van der Waals surface area contributed by atoms with Gasteiger partial charge >= 0.3 is 5.97 Å². The zero-order valence-electron chi connectivity index (χ0n) is 13.8. The van der Waals surface area contributed by atoms with Crippen LogP contribution < -0.4 is 4.74 Å². The highest BCUT2D eigenvalue weighted by molar-refractivity contribution is 14.1. The van der Waals surface area contributed by atoms with Gasteiger partial charge in [-0.05, 0) is 40.6 Å². The third kappa shape index (κ3) is 2.34. The number of fused-ring (bicyclic) bond motifs is 2. The number of carbonyl (C=O) groups is 2. The molecule has 0 saturated carbocycles. The van der Waals surface area contributed by atoms with Crippen molar-refractivity contribution in [2.24, 2.45) is 5.92 Å². The molecule has 0 saturated heterocycles. The van der Waals surface area contributed by atoms with Crippen LogP contribution in [-0.4, -0.2) is 47.9 Å². The van der Waals surface area contributed by atoms with Crippen molar-refractivity contribution in [3.05, 3.63) is 32.6 Å². The smallest absolute Gasteiger partial charge is 0.358 e. The number of aliphatic hydroxyl groups is 1. The molecule has 134 valence electrons. The minimum Gasteiger partial charge on any atom is -0.506 e. The molecule has 0 fully saturated rings. The average molecular weight is 460 g/mol. The van der Waals surface area contributed by atoms with Gasteiger partial charge in [0.1, 0.15) is 28.9 Å². The van der Waals surface area contributed by atoms with E-state index >= 15 is 0 Å². The zero-order chi connectivity index (χ0) is 18.5. The summed E-state index contributed by atoms with van der Waals surface area (Å²) in [6.07, 6.45) is -1.06. The number of phenols is 1. The van der Waals surface area contributed by atoms with Crippen LogP contribution in [0.2, 0.25) is 0 Å². The van der Waals surface area contributed by atoms with Crippen LogP contribution in [0.3, 0.4) is 0 Å². The van der Waals surface area contributed by atoms with Crippen LogP contribution in [0, 0.1) is 9.49 Å². The maximum atomic E-state index is 13.2. The molecule has 8 heteroatoms. The number of ketones is 1. The number of ether oxygens (including phenoxy) is 3. The number of hydrogen-bond acceptors (Lipinski definition) is 7. The molecule has 1 aromatic carbocycles. The van der Waals surface area contributed by atoms with E-state index in [1.807, 2.05) is 22.6 Å². The number of hydrogen-bond donors (Lipinski definition) is 2. The molecular formula is C17H17IO7. The van der Waals surface area contributed by atoms with Gasteiger partial charge in [0.25, 0.3) is 5.60 Å². The number of allylic oxidation sites excluding steroid dienone is 1. The first kappa shape index (κ1) is 18.0. The minimum atomic E-state index is -2.03. The van der Waals surface area contributed by atoms with Crippen LogP contribution in [0.15, 0.2) is 23.5 Å². The number of esters is 1. The summed E-state index contributed by atoms with van der Waals surface area (Å²) < 4.78 is 16.5. The van der Waals surface area contributed by atoms with E-state index in [2.05, 4.69) is 0 Å². The molecule has 1 aliphatic carbocycles. The van der Waals surface area contributed by atoms with E-state index in [0.717, 1.165) is 7.11 Å². The third-order valence-corrected chi connectivity index (χ3v) is 5.53. The highest BCUT2D eigenvalue weighted by Crippen LogP contribution is 2.49. The fourth-order valence-electron chi connectivity index (χ4n) is 3.42. The Balaban J connectivity index is 2.37. The van der Waals surface area contributed by atoms with Gasteiger partial charge in [-0.25, -0.2) is 4.79 Å². The molecule has 1 aromatic rings. The average Bonchev–Trinajstić information content (AvgIpc) is 2.60. The number of halogens is 1. The molecule has 0 aromatic heterocycles. The molecule has 2 aliphatic rings. The van der Waals surface area contributed by atoms with Gasteiger partial charge in [-0.15, -0.1) is 0 Å². The molecule has 0 radical (unpaired) electrons. The van der Waals surface area contributed by atoms with Crippen molar-refractivity contribution < 1.29 is 34.0 Å². The number of aromatic hydroxyl groups is 1. The number of aliphatic hydroxyl groups excluding tert-OH is 1. The van der Waals surface area contributed by atoms with Gasteiger partial charge in [0.15, 0.2) is 0 Å². The molecule has 2 unspecified atom stereocenters. The predicted molar refractivity (Wildman–Crippen MR) is 94.4 cm³/mol. The van der Waals surface area contributed by atoms with Crippen molar-refractivity contribution >= 4 is 34.3 Å². The summed E-state index contributed by atoms with van der Waals surface area (Å²) >= 11 is 1.89. The quantitative estimate of drug-likeness (QED) is 0.513. The van der Waals surface area contributed by atoms with Gasteiger partial charge in [0, 0.05) is 6.42 Å². The van der Waals surface area contributed by atoms with Gasteiger partial charge in [-0.2, -0.15) is 0 Å². The van der Waals surface area contributed by atoms with Crippen LogP contribution in [0.5, 0.6) is 11.5 Å². The van der Waals surface area contributed by atoms with E-state index in [9.17, 15) is 19.8 Å². The SMILES string of the molecule is COC(=O)C12Oc3ccc(I)c(O)c3C(=O)C1=C(OC)C[C@H](C)C2O. The first-order chi connectivity index (χ1) is 11.8. The highest BCUT2D eigenvalue weighted by atomic mass is 127. The van der Waals surface area contributed by atoms with Crippen LogP contribution in [0.1, 0.15) is 23.7 Å². The number of methoxy groups -OCH3 is 2. The summed E-state index contributed by atoms with van der Waals surface area (Å²) in [6.45, 7) is 1.72. The third-order valence-electron chi connectivity index (χ3n) is 4.66. The van der Waals surface area contributed by atoms with Crippen molar-refractivity contribution in [3.63, 3.8) is 0 Å². The predicted octanol–water partition coefficient (Wildman–Crippen LogP) is 1.78. The standard InChI is InChI=1S/C17H17IO7/c1-7-6-10(23-2)12-14(20)11-9(5-4-8(18)13(11)19)25-17(12,15(7)21)16(22)24-3/h4-5,7,15,19,21H,6H2,1-3H3/t7-,15?,17?/m0/s1. The van der Waals surface area contributed by atoms with Gasteiger partial charge in [0.2, 0.25) is 5.78 Å².